The molecule has 0 bridgehead atoms. The molecule has 1 aliphatic heterocycles. The Kier molecular flexibility index (Phi) is 4.82. The van der Waals surface area contributed by atoms with Gasteiger partial charge in [-0.25, -0.2) is 4.68 Å². The van der Waals surface area contributed by atoms with Crippen molar-refractivity contribution in [3.8, 4) is 17.3 Å². The Morgan fingerprint density at radius 1 is 1.18 bits per heavy atom. The molecule has 7 heteroatoms. The summed E-state index contributed by atoms with van der Waals surface area (Å²) in [6.07, 6.45) is 1.68. The van der Waals surface area contributed by atoms with Gasteiger partial charge in [0.2, 0.25) is 0 Å². The van der Waals surface area contributed by atoms with E-state index >= 15 is 0 Å². The van der Waals surface area contributed by atoms with Gasteiger partial charge in [-0.1, -0.05) is 60.1 Å². The quantitative estimate of drug-likeness (QED) is 0.602. The van der Waals surface area contributed by atoms with Crippen molar-refractivity contribution in [2.45, 2.75) is 6.61 Å². The molecule has 0 amide bonds. The zero-order valence-electron chi connectivity index (χ0n) is 14.6. The van der Waals surface area contributed by atoms with Crippen molar-refractivity contribution in [3.05, 3.63) is 88.2 Å². The van der Waals surface area contributed by atoms with Crippen LogP contribution in [0.1, 0.15) is 11.1 Å². The molecule has 1 aromatic heterocycles. The second kappa shape index (κ2) is 7.43. The molecule has 0 atom stereocenters. The van der Waals surface area contributed by atoms with Crippen molar-refractivity contribution in [1.82, 2.24) is 9.78 Å². The van der Waals surface area contributed by atoms with E-state index in [0.29, 0.717) is 50.7 Å². The van der Waals surface area contributed by atoms with Crippen LogP contribution in [0.15, 0.2) is 67.1 Å². The van der Waals surface area contributed by atoms with Gasteiger partial charge >= 0.3 is 0 Å². The van der Waals surface area contributed by atoms with Gasteiger partial charge in [0.25, 0.3) is 0 Å². The molecule has 0 aliphatic carbocycles. The fourth-order valence-corrected chi connectivity index (χ4v) is 3.40. The number of nitrogens with zero attached hydrogens (tertiary/aromatic N) is 3. The lowest BCUT2D eigenvalue weighted by Gasteiger charge is -2.19. The zero-order valence-corrected chi connectivity index (χ0v) is 16.1. The van der Waals surface area contributed by atoms with Crippen molar-refractivity contribution in [3.63, 3.8) is 0 Å². The number of nitriles is 1. The molecule has 0 unspecified atom stereocenters. The molecule has 138 valence electrons. The molecular weight excluding hydrogens is 395 g/mol. The summed E-state index contributed by atoms with van der Waals surface area (Å²) in [7, 11) is 0. The van der Waals surface area contributed by atoms with E-state index in [0.717, 1.165) is 5.56 Å². The maximum Gasteiger partial charge on any atom is 0.160 e. The summed E-state index contributed by atoms with van der Waals surface area (Å²) >= 11 is 12.3. The number of nitrogens with one attached hydrogen (secondary N) is 1. The molecule has 2 aromatic carbocycles. The highest BCUT2D eigenvalue weighted by molar-refractivity contribution is 6.36. The summed E-state index contributed by atoms with van der Waals surface area (Å²) < 4.78 is 7.43. The van der Waals surface area contributed by atoms with E-state index in [1.165, 1.54) is 0 Å². The highest BCUT2D eigenvalue weighted by atomic mass is 35.5. The number of aromatic nitrogens is 2. The van der Waals surface area contributed by atoms with Gasteiger partial charge in [-0.3, -0.25) is 0 Å². The average Bonchev–Trinajstić information content (AvgIpc) is 3.07. The first kappa shape index (κ1) is 18.2. The summed E-state index contributed by atoms with van der Waals surface area (Å²) in [5.41, 5.74) is 2.99. The molecule has 1 N–H and O–H groups in total. The zero-order chi connectivity index (χ0) is 19.7. The van der Waals surface area contributed by atoms with E-state index in [4.69, 9.17) is 27.9 Å². The fourth-order valence-electron chi connectivity index (χ4n) is 2.90. The smallest absolute Gasteiger partial charge is 0.160 e. The minimum Gasteiger partial charge on any atom is -0.485 e. The van der Waals surface area contributed by atoms with Gasteiger partial charge in [0.15, 0.2) is 11.6 Å². The largest absolute Gasteiger partial charge is 0.485 e. The number of allylic oxidation sites excluding steroid dienone is 1. The van der Waals surface area contributed by atoms with E-state index < -0.39 is 0 Å². The minimum absolute atomic E-state index is 0.365. The third-order valence-electron chi connectivity index (χ3n) is 4.30. The van der Waals surface area contributed by atoms with Crippen LogP contribution in [0.5, 0.6) is 0 Å². The van der Waals surface area contributed by atoms with Crippen LogP contribution in [0.2, 0.25) is 10.0 Å². The van der Waals surface area contributed by atoms with Crippen molar-refractivity contribution in [2.75, 3.05) is 5.32 Å². The molecule has 4 rings (SSSR count). The molecule has 2 heterocycles. The minimum atomic E-state index is 0.365. The van der Waals surface area contributed by atoms with Crippen molar-refractivity contribution >= 4 is 34.7 Å². The molecule has 1 aliphatic rings. The van der Waals surface area contributed by atoms with Crippen LogP contribution in [0.4, 0.5) is 5.82 Å². The van der Waals surface area contributed by atoms with E-state index in [9.17, 15) is 5.26 Å². The van der Waals surface area contributed by atoms with Crippen LogP contribution < -0.4 is 5.32 Å². The molecule has 0 saturated carbocycles. The van der Waals surface area contributed by atoms with Gasteiger partial charge in [-0.2, -0.15) is 10.4 Å². The second-order valence-electron chi connectivity index (χ2n) is 6.09. The van der Waals surface area contributed by atoms with Crippen LogP contribution in [0.25, 0.3) is 17.0 Å². The summed E-state index contributed by atoms with van der Waals surface area (Å²) in [6.45, 7) is 4.47. The van der Waals surface area contributed by atoms with E-state index in [-0.39, 0.29) is 0 Å². The van der Waals surface area contributed by atoms with Gasteiger partial charge in [0.1, 0.15) is 29.6 Å². The SMILES string of the molecule is C=C1C(OCc2ccccc2)=CNc2c(C#N)c(-c3ccc(Cl)cc3Cl)nn21. The van der Waals surface area contributed by atoms with Crippen molar-refractivity contribution < 1.29 is 4.74 Å². The number of benzene rings is 2. The third kappa shape index (κ3) is 3.24. The lowest BCUT2D eigenvalue weighted by Crippen LogP contribution is -2.14. The molecular formula is C21H14Cl2N4O. The van der Waals surface area contributed by atoms with Gasteiger partial charge in [0, 0.05) is 16.8 Å². The van der Waals surface area contributed by atoms with Crippen molar-refractivity contribution in [1.29, 1.82) is 5.26 Å². The number of fused-ring (bicyclic) bond motifs is 1. The van der Waals surface area contributed by atoms with E-state index in [1.807, 2.05) is 30.3 Å². The Labute approximate surface area is 172 Å². The number of hydrogen-bond acceptors (Lipinski definition) is 4. The van der Waals surface area contributed by atoms with Gasteiger partial charge in [0.05, 0.1) is 5.02 Å². The Hall–Kier alpha value is -3.20. The van der Waals surface area contributed by atoms with E-state index in [1.54, 1.807) is 29.1 Å². The van der Waals surface area contributed by atoms with Crippen LogP contribution in [0.3, 0.4) is 0 Å². The second-order valence-corrected chi connectivity index (χ2v) is 6.94. The highest BCUT2D eigenvalue weighted by Crippen LogP contribution is 2.38. The predicted octanol–water partition coefficient (Wildman–Crippen LogP) is 5.68. The van der Waals surface area contributed by atoms with Crippen LogP contribution in [-0.2, 0) is 11.3 Å². The summed E-state index contributed by atoms with van der Waals surface area (Å²) in [5.74, 6) is 1.05. The van der Waals surface area contributed by atoms with Gasteiger partial charge in [-0.05, 0) is 23.8 Å². The number of rotatable bonds is 4. The molecule has 5 nitrogen and oxygen atoms in total. The number of ether oxygens (including phenoxy) is 1. The molecule has 0 radical (unpaired) electrons. The maximum atomic E-state index is 9.68. The number of hydrogen-bond donors (Lipinski definition) is 1. The summed E-state index contributed by atoms with van der Waals surface area (Å²) in [6, 6.07) is 17.1. The molecule has 0 spiro atoms. The molecule has 0 fully saturated rings. The first-order valence-corrected chi connectivity index (χ1v) is 9.15. The third-order valence-corrected chi connectivity index (χ3v) is 4.85. The maximum absolute atomic E-state index is 9.68. The van der Waals surface area contributed by atoms with Crippen LogP contribution in [0, 0.1) is 11.3 Å². The lowest BCUT2D eigenvalue weighted by molar-refractivity contribution is 0.211. The fraction of sp³-hybridized carbons (Fsp3) is 0.0476. The summed E-state index contributed by atoms with van der Waals surface area (Å²) in [5, 5.41) is 18.2. The van der Waals surface area contributed by atoms with Crippen LogP contribution in [-0.4, -0.2) is 9.78 Å². The normalized spacial score (nSPS) is 12.6. The first-order chi connectivity index (χ1) is 13.6. The molecule has 3 aromatic rings. The van der Waals surface area contributed by atoms with Crippen LogP contribution >= 0.6 is 23.2 Å². The Morgan fingerprint density at radius 3 is 2.68 bits per heavy atom. The average molecular weight is 409 g/mol. The molecule has 28 heavy (non-hydrogen) atoms. The van der Waals surface area contributed by atoms with E-state index in [2.05, 4.69) is 23.1 Å². The lowest BCUT2D eigenvalue weighted by atomic mass is 10.1. The number of halogens is 2. The standard InChI is InChI=1S/C21H14Cl2N4O/c1-13-19(28-12-14-5-3-2-4-6-14)11-25-21-17(10-24)20(26-27(13)21)16-8-7-15(22)9-18(16)23/h2-9,11,25H,1,12H2. The Morgan fingerprint density at radius 2 is 1.96 bits per heavy atom. The Balaban J connectivity index is 1.66. The van der Waals surface area contributed by atoms with Gasteiger partial charge in [-0.15, -0.1) is 0 Å². The highest BCUT2D eigenvalue weighted by Gasteiger charge is 2.26. The monoisotopic (exact) mass is 408 g/mol. The summed E-state index contributed by atoms with van der Waals surface area (Å²) in [4.78, 5) is 0. The number of anilines is 1. The van der Waals surface area contributed by atoms with Crippen molar-refractivity contribution in [2.24, 2.45) is 0 Å². The first-order valence-electron chi connectivity index (χ1n) is 8.40. The topological polar surface area (TPSA) is 62.9 Å². The predicted molar refractivity (Wildman–Crippen MR) is 111 cm³/mol. The molecule has 0 saturated heterocycles. The Bertz CT molecular complexity index is 1140. The van der Waals surface area contributed by atoms with Gasteiger partial charge < -0.3 is 10.1 Å².